The Morgan fingerprint density at radius 1 is 1.28 bits per heavy atom. The summed E-state index contributed by atoms with van der Waals surface area (Å²) in [6.07, 6.45) is 2.70. The number of nitrogens with zero attached hydrogens (tertiary/aromatic N) is 2. The van der Waals surface area contributed by atoms with Crippen molar-refractivity contribution in [1.82, 2.24) is 15.2 Å². The molecule has 0 amide bonds. The lowest BCUT2D eigenvalue weighted by Crippen LogP contribution is -2.08. The second-order valence-electron chi connectivity index (χ2n) is 5.53. The largest absolute Gasteiger partial charge is 0.482 e. The lowest BCUT2D eigenvalue weighted by molar-refractivity contribution is 0.227. The first-order valence-corrected chi connectivity index (χ1v) is 8.20. The summed E-state index contributed by atoms with van der Waals surface area (Å²) in [5.41, 5.74) is 8.83. The lowest BCUT2D eigenvalue weighted by atomic mass is 10.1. The van der Waals surface area contributed by atoms with Gasteiger partial charge in [-0.25, -0.2) is 9.37 Å². The summed E-state index contributed by atoms with van der Waals surface area (Å²) in [5.74, 6) is -0.00669. The van der Waals surface area contributed by atoms with Crippen LogP contribution >= 0.6 is 23.2 Å². The second kappa shape index (κ2) is 6.90. The van der Waals surface area contributed by atoms with Gasteiger partial charge in [0.1, 0.15) is 11.9 Å². The van der Waals surface area contributed by atoms with Gasteiger partial charge in [-0.3, -0.25) is 5.10 Å². The monoisotopic (exact) mass is 380 g/mol. The van der Waals surface area contributed by atoms with Gasteiger partial charge in [0.25, 0.3) is 0 Å². The number of aromatic amines is 1. The van der Waals surface area contributed by atoms with Crippen molar-refractivity contribution in [1.29, 1.82) is 0 Å². The van der Waals surface area contributed by atoms with E-state index in [1.54, 1.807) is 25.4 Å². The van der Waals surface area contributed by atoms with Crippen molar-refractivity contribution in [2.24, 2.45) is 0 Å². The molecule has 0 saturated heterocycles. The molecule has 25 heavy (non-hydrogen) atoms. The highest BCUT2D eigenvalue weighted by molar-refractivity contribution is 6.36. The van der Waals surface area contributed by atoms with Crippen LogP contribution in [0.4, 0.5) is 10.2 Å². The Morgan fingerprint density at radius 2 is 2.04 bits per heavy atom. The standard InChI is InChI=1S/C17H15Cl2FN4O/c1-8-11(7-23-24-8)10-5-14(17(21)22-6-10)25-9(2)15-12(18)3-4-13(20)16(15)19/h3-7,9H,1-2H3,(H2,21,22)(H,23,24). The summed E-state index contributed by atoms with van der Waals surface area (Å²) in [6.45, 7) is 3.61. The van der Waals surface area contributed by atoms with Gasteiger partial charge in [-0.05, 0) is 32.0 Å². The van der Waals surface area contributed by atoms with Crippen LogP contribution in [0.3, 0.4) is 0 Å². The predicted molar refractivity (Wildman–Crippen MR) is 96.4 cm³/mol. The lowest BCUT2D eigenvalue weighted by Gasteiger charge is -2.19. The van der Waals surface area contributed by atoms with Gasteiger partial charge in [-0.1, -0.05) is 23.2 Å². The normalized spacial score (nSPS) is 12.2. The molecule has 0 aliphatic rings. The highest BCUT2D eigenvalue weighted by Crippen LogP contribution is 2.37. The molecule has 3 rings (SSSR count). The number of nitrogens with one attached hydrogen (secondary N) is 1. The van der Waals surface area contributed by atoms with E-state index in [2.05, 4.69) is 15.2 Å². The molecule has 0 bridgehead atoms. The summed E-state index contributed by atoms with van der Waals surface area (Å²) < 4.78 is 19.6. The fourth-order valence-corrected chi connectivity index (χ4v) is 3.18. The maximum Gasteiger partial charge on any atom is 0.166 e. The minimum absolute atomic E-state index is 0.0756. The van der Waals surface area contributed by atoms with Crippen molar-refractivity contribution in [2.75, 3.05) is 5.73 Å². The molecule has 0 spiro atoms. The van der Waals surface area contributed by atoms with Crippen LogP contribution < -0.4 is 10.5 Å². The molecule has 3 aromatic rings. The van der Waals surface area contributed by atoms with E-state index in [1.165, 1.54) is 12.1 Å². The first-order valence-electron chi connectivity index (χ1n) is 7.44. The van der Waals surface area contributed by atoms with E-state index < -0.39 is 11.9 Å². The van der Waals surface area contributed by atoms with Gasteiger partial charge in [-0.2, -0.15) is 5.10 Å². The van der Waals surface area contributed by atoms with Crippen LogP contribution in [-0.2, 0) is 0 Å². The van der Waals surface area contributed by atoms with Crippen molar-refractivity contribution in [2.45, 2.75) is 20.0 Å². The fraction of sp³-hybridized carbons (Fsp3) is 0.176. The summed E-state index contributed by atoms with van der Waals surface area (Å²) in [5, 5.41) is 7.09. The molecule has 1 unspecified atom stereocenters. The van der Waals surface area contributed by atoms with E-state index in [9.17, 15) is 4.39 Å². The minimum atomic E-state index is -0.625. The van der Waals surface area contributed by atoms with E-state index >= 15 is 0 Å². The van der Waals surface area contributed by atoms with Crippen molar-refractivity contribution >= 4 is 29.0 Å². The molecule has 0 aliphatic heterocycles. The zero-order chi connectivity index (χ0) is 18.1. The van der Waals surface area contributed by atoms with Crippen molar-refractivity contribution in [3.63, 3.8) is 0 Å². The molecule has 0 fully saturated rings. The number of benzene rings is 1. The van der Waals surface area contributed by atoms with Crippen molar-refractivity contribution in [3.8, 4) is 16.9 Å². The highest BCUT2D eigenvalue weighted by Gasteiger charge is 2.20. The Kier molecular flexibility index (Phi) is 4.83. The second-order valence-corrected chi connectivity index (χ2v) is 6.32. The van der Waals surface area contributed by atoms with Gasteiger partial charge < -0.3 is 10.5 Å². The zero-order valence-electron chi connectivity index (χ0n) is 13.5. The van der Waals surface area contributed by atoms with Crippen LogP contribution in [0.15, 0.2) is 30.6 Å². The molecule has 3 N–H and O–H groups in total. The number of halogens is 3. The Balaban J connectivity index is 1.96. The van der Waals surface area contributed by atoms with Crippen molar-refractivity contribution in [3.05, 3.63) is 57.7 Å². The number of hydrogen-bond acceptors (Lipinski definition) is 4. The number of aryl methyl sites for hydroxylation is 1. The van der Waals surface area contributed by atoms with E-state index in [4.69, 9.17) is 33.7 Å². The fourth-order valence-electron chi connectivity index (χ4n) is 2.50. The zero-order valence-corrected chi connectivity index (χ0v) is 15.0. The third-order valence-electron chi connectivity index (χ3n) is 3.81. The van der Waals surface area contributed by atoms with Gasteiger partial charge in [0, 0.05) is 33.6 Å². The average Bonchev–Trinajstić information content (AvgIpc) is 2.99. The Hall–Kier alpha value is -2.31. The number of H-pyrrole nitrogens is 1. The summed E-state index contributed by atoms with van der Waals surface area (Å²) in [6, 6.07) is 4.39. The van der Waals surface area contributed by atoms with E-state index in [0.29, 0.717) is 16.3 Å². The Labute approximate surface area is 153 Å². The van der Waals surface area contributed by atoms with Gasteiger partial charge in [0.05, 0.1) is 11.2 Å². The highest BCUT2D eigenvalue weighted by atomic mass is 35.5. The quantitative estimate of drug-likeness (QED) is 0.627. The number of nitrogens with two attached hydrogens (primary N) is 1. The average molecular weight is 381 g/mol. The molecule has 8 heteroatoms. The number of pyridine rings is 1. The smallest absolute Gasteiger partial charge is 0.166 e. The molecule has 2 heterocycles. The van der Waals surface area contributed by atoms with E-state index in [0.717, 1.165) is 16.8 Å². The first-order chi connectivity index (χ1) is 11.9. The summed E-state index contributed by atoms with van der Waals surface area (Å²) in [7, 11) is 0. The van der Waals surface area contributed by atoms with Crippen LogP contribution in [-0.4, -0.2) is 15.2 Å². The number of rotatable bonds is 4. The maximum atomic E-state index is 13.7. The van der Waals surface area contributed by atoms with E-state index in [1.807, 2.05) is 6.92 Å². The van der Waals surface area contributed by atoms with E-state index in [-0.39, 0.29) is 10.8 Å². The van der Waals surface area contributed by atoms with Crippen LogP contribution in [0.5, 0.6) is 5.75 Å². The first kappa shape index (κ1) is 17.5. The third-order valence-corrected chi connectivity index (χ3v) is 4.53. The molecule has 5 nitrogen and oxygen atoms in total. The SMILES string of the molecule is Cc1[nH]ncc1-c1cnc(N)c(OC(C)c2c(Cl)ccc(F)c2Cl)c1. The number of ether oxygens (including phenoxy) is 1. The Morgan fingerprint density at radius 3 is 2.72 bits per heavy atom. The van der Waals surface area contributed by atoms with Gasteiger partial charge in [0.15, 0.2) is 11.6 Å². The van der Waals surface area contributed by atoms with Crippen molar-refractivity contribution < 1.29 is 9.13 Å². The molecule has 1 aromatic carbocycles. The third kappa shape index (κ3) is 3.41. The maximum absolute atomic E-state index is 13.7. The number of nitrogen functional groups attached to an aromatic ring is 1. The number of aromatic nitrogens is 3. The number of hydrogen-bond donors (Lipinski definition) is 2. The Bertz CT molecular complexity index is 929. The number of anilines is 1. The molecule has 0 radical (unpaired) electrons. The van der Waals surface area contributed by atoms with Crippen LogP contribution in [0.2, 0.25) is 10.0 Å². The summed E-state index contributed by atoms with van der Waals surface area (Å²) >= 11 is 12.2. The molecule has 1 atom stereocenters. The van der Waals surface area contributed by atoms with Gasteiger partial charge >= 0.3 is 0 Å². The topological polar surface area (TPSA) is 76.8 Å². The molecule has 2 aromatic heterocycles. The molecular weight excluding hydrogens is 366 g/mol. The van der Waals surface area contributed by atoms with Gasteiger partial charge in [0.2, 0.25) is 0 Å². The molecule has 130 valence electrons. The molecule has 0 aliphatic carbocycles. The molecular formula is C17H15Cl2FN4O. The van der Waals surface area contributed by atoms with Crippen LogP contribution in [0, 0.1) is 12.7 Å². The van der Waals surface area contributed by atoms with Crippen LogP contribution in [0.25, 0.3) is 11.1 Å². The molecule has 0 saturated carbocycles. The predicted octanol–water partition coefficient (Wildman–Crippen LogP) is 4.95. The van der Waals surface area contributed by atoms with Gasteiger partial charge in [-0.15, -0.1) is 0 Å². The summed E-state index contributed by atoms with van der Waals surface area (Å²) in [4.78, 5) is 4.16. The minimum Gasteiger partial charge on any atom is -0.482 e. The van der Waals surface area contributed by atoms with Crippen LogP contribution in [0.1, 0.15) is 24.3 Å².